The van der Waals surface area contributed by atoms with Gasteiger partial charge < -0.3 is 24.0 Å². The number of rotatable bonds is 5. The summed E-state index contributed by atoms with van der Waals surface area (Å²) in [5.41, 5.74) is 1.73. The summed E-state index contributed by atoms with van der Waals surface area (Å²) < 4.78 is 17.0. The fourth-order valence-electron chi connectivity index (χ4n) is 4.37. The van der Waals surface area contributed by atoms with Crippen LogP contribution in [0.3, 0.4) is 0 Å². The van der Waals surface area contributed by atoms with Gasteiger partial charge in [-0.05, 0) is 17.7 Å². The smallest absolute Gasteiger partial charge is 0.253 e. The summed E-state index contributed by atoms with van der Waals surface area (Å²) in [6.45, 7) is 5.49. The van der Waals surface area contributed by atoms with E-state index in [2.05, 4.69) is 14.9 Å². The lowest BCUT2D eigenvalue weighted by Crippen LogP contribution is -2.47. The number of nitrogens with zero attached hydrogens (tertiary/aromatic N) is 4. The number of carbonyl (C=O) groups is 1. The molecule has 0 saturated carbocycles. The van der Waals surface area contributed by atoms with Crippen LogP contribution in [0, 0.1) is 0 Å². The van der Waals surface area contributed by atoms with Crippen LogP contribution in [0.15, 0.2) is 35.5 Å². The highest BCUT2D eigenvalue weighted by atomic mass is 35.5. The quantitative estimate of drug-likeness (QED) is 0.359. The van der Waals surface area contributed by atoms with Gasteiger partial charge in [0, 0.05) is 56.4 Å². The number of likely N-dealkylation sites (tertiary alicyclic amines) is 1. The average Bonchev–Trinajstić information content (AvgIpc) is 3.31. The Balaban J connectivity index is 1.21. The van der Waals surface area contributed by atoms with Gasteiger partial charge >= 0.3 is 0 Å². The summed E-state index contributed by atoms with van der Waals surface area (Å²) in [4.78, 5) is 26.2. The Morgan fingerprint density at radius 3 is 2.55 bits per heavy atom. The van der Waals surface area contributed by atoms with E-state index in [1.807, 2.05) is 29.2 Å². The summed E-state index contributed by atoms with van der Waals surface area (Å²) in [6, 6.07) is 9.56. The van der Waals surface area contributed by atoms with Gasteiger partial charge in [-0.3, -0.25) is 4.79 Å². The first kappa shape index (κ1) is 22.9. The van der Waals surface area contributed by atoms with Crippen LogP contribution in [0.4, 0.5) is 5.82 Å². The van der Waals surface area contributed by atoms with E-state index >= 15 is 0 Å². The molecule has 3 fully saturated rings. The minimum atomic E-state index is -0.480. The molecule has 4 heterocycles. The first-order valence-electron chi connectivity index (χ1n) is 11.3. The zero-order valence-corrected chi connectivity index (χ0v) is 19.9. The lowest BCUT2D eigenvalue weighted by molar-refractivity contribution is -0.181. The normalized spacial score (nSPS) is 20.4. The van der Waals surface area contributed by atoms with E-state index in [-0.39, 0.29) is 5.91 Å². The van der Waals surface area contributed by atoms with Gasteiger partial charge in [0.1, 0.15) is 11.0 Å². The van der Waals surface area contributed by atoms with E-state index < -0.39 is 5.79 Å². The van der Waals surface area contributed by atoms with Crippen LogP contribution in [-0.2, 0) is 20.0 Å². The molecule has 176 valence electrons. The fourth-order valence-corrected chi connectivity index (χ4v) is 5.39. The number of benzene rings is 1. The molecule has 0 bridgehead atoms. The molecule has 1 aromatic heterocycles. The van der Waals surface area contributed by atoms with Gasteiger partial charge in [-0.15, -0.1) is 0 Å². The second kappa shape index (κ2) is 10.1. The predicted octanol–water partition coefficient (Wildman–Crippen LogP) is 3.24. The summed E-state index contributed by atoms with van der Waals surface area (Å²) in [5.74, 6) is 1.03. The van der Waals surface area contributed by atoms with Crippen molar-refractivity contribution >= 4 is 35.1 Å². The number of anilines is 1. The van der Waals surface area contributed by atoms with Crippen LogP contribution in [0.1, 0.15) is 28.8 Å². The number of thioether (sulfide) groups is 1. The first-order valence-corrected chi connectivity index (χ1v) is 12.6. The van der Waals surface area contributed by atoms with E-state index in [1.165, 1.54) is 11.8 Å². The summed E-state index contributed by atoms with van der Waals surface area (Å²) in [5, 5.41) is 1.05. The highest BCUT2D eigenvalue weighted by Gasteiger charge is 2.40. The van der Waals surface area contributed by atoms with Crippen molar-refractivity contribution in [1.29, 1.82) is 0 Å². The second-order valence-corrected chi connectivity index (χ2v) is 9.65. The standard InChI is InChI=1S/C23H27ClN4O4S/c24-19-15-20(27-8-10-30-11-9-27)26-22(25-19)33-16-17-2-1-3-18(14-17)21(29)28-6-4-23(5-7-28)31-12-13-32-23/h1-3,14-15H,4-13,16H2. The highest BCUT2D eigenvalue weighted by Crippen LogP contribution is 2.32. The molecule has 0 aliphatic carbocycles. The van der Waals surface area contributed by atoms with E-state index in [0.29, 0.717) is 74.0 Å². The molecule has 0 unspecified atom stereocenters. The van der Waals surface area contributed by atoms with Crippen LogP contribution < -0.4 is 4.90 Å². The van der Waals surface area contributed by atoms with Gasteiger partial charge in [-0.25, -0.2) is 9.97 Å². The van der Waals surface area contributed by atoms with Crippen molar-refractivity contribution in [1.82, 2.24) is 14.9 Å². The maximum atomic E-state index is 13.1. The summed E-state index contributed by atoms with van der Waals surface area (Å²) in [6.07, 6.45) is 1.43. The SMILES string of the molecule is O=C(c1cccc(CSc2nc(Cl)cc(N3CCOCC3)n2)c1)N1CCC2(CC1)OCCO2. The number of morpholine rings is 1. The van der Waals surface area contributed by atoms with Crippen molar-refractivity contribution in [2.75, 3.05) is 57.5 Å². The average molecular weight is 491 g/mol. The monoisotopic (exact) mass is 490 g/mol. The van der Waals surface area contributed by atoms with Gasteiger partial charge in [-0.2, -0.15) is 0 Å². The number of piperidine rings is 1. The van der Waals surface area contributed by atoms with Gasteiger partial charge in [0.25, 0.3) is 5.91 Å². The number of halogens is 1. The fraction of sp³-hybridized carbons (Fsp3) is 0.522. The molecule has 5 rings (SSSR count). The van der Waals surface area contributed by atoms with Gasteiger partial charge in [0.05, 0.1) is 26.4 Å². The predicted molar refractivity (Wildman–Crippen MR) is 126 cm³/mol. The Kier molecular flexibility index (Phi) is 7.03. The topological polar surface area (TPSA) is 77.0 Å². The lowest BCUT2D eigenvalue weighted by Gasteiger charge is -2.37. The first-order chi connectivity index (χ1) is 16.1. The largest absolute Gasteiger partial charge is 0.378 e. The van der Waals surface area contributed by atoms with Crippen molar-refractivity contribution in [2.45, 2.75) is 29.5 Å². The number of ether oxygens (including phenoxy) is 3. The minimum Gasteiger partial charge on any atom is -0.378 e. The third kappa shape index (κ3) is 5.44. The van der Waals surface area contributed by atoms with E-state index in [4.69, 9.17) is 25.8 Å². The molecule has 3 aliphatic rings. The van der Waals surface area contributed by atoms with Crippen molar-refractivity contribution < 1.29 is 19.0 Å². The van der Waals surface area contributed by atoms with Gasteiger partial charge in [-0.1, -0.05) is 35.5 Å². The summed E-state index contributed by atoms with van der Waals surface area (Å²) >= 11 is 7.77. The van der Waals surface area contributed by atoms with Crippen molar-refractivity contribution in [3.8, 4) is 0 Å². The number of hydrogen-bond donors (Lipinski definition) is 0. The maximum Gasteiger partial charge on any atom is 0.253 e. The van der Waals surface area contributed by atoms with Crippen molar-refractivity contribution in [2.24, 2.45) is 0 Å². The Hall–Kier alpha value is -1.91. The minimum absolute atomic E-state index is 0.0447. The van der Waals surface area contributed by atoms with E-state index in [0.717, 1.165) is 24.5 Å². The molecule has 0 radical (unpaired) electrons. The number of carbonyl (C=O) groups excluding carboxylic acids is 1. The molecule has 3 saturated heterocycles. The molecule has 1 aromatic carbocycles. The summed E-state index contributed by atoms with van der Waals surface area (Å²) in [7, 11) is 0. The lowest BCUT2D eigenvalue weighted by atomic mass is 10.0. The molecule has 2 aromatic rings. The Morgan fingerprint density at radius 2 is 1.79 bits per heavy atom. The maximum absolute atomic E-state index is 13.1. The number of hydrogen-bond acceptors (Lipinski definition) is 8. The van der Waals surface area contributed by atoms with Crippen LogP contribution in [-0.4, -0.2) is 79.2 Å². The molecule has 8 nitrogen and oxygen atoms in total. The molecule has 33 heavy (non-hydrogen) atoms. The molecule has 1 spiro atoms. The van der Waals surface area contributed by atoms with Crippen molar-refractivity contribution in [3.63, 3.8) is 0 Å². The van der Waals surface area contributed by atoms with Crippen LogP contribution in [0.5, 0.6) is 0 Å². The van der Waals surface area contributed by atoms with Crippen LogP contribution in [0.25, 0.3) is 0 Å². The van der Waals surface area contributed by atoms with Gasteiger partial charge in [0.2, 0.25) is 0 Å². The molecule has 0 N–H and O–H groups in total. The zero-order valence-electron chi connectivity index (χ0n) is 18.4. The van der Waals surface area contributed by atoms with E-state index in [9.17, 15) is 4.79 Å². The Labute approximate surface area is 202 Å². The number of amides is 1. The zero-order chi connectivity index (χ0) is 22.7. The van der Waals surface area contributed by atoms with Crippen LogP contribution >= 0.6 is 23.4 Å². The Bertz CT molecular complexity index is 988. The van der Waals surface area contributed by atoms with Crippen molar-refractivity contribution in [3.05, 3.63) is 46.6 Å². The van der Waals surface area contributed by atoms with Crippen LogP contribution in [0.2, 0.25) is 5.15 Å². The molecule has 10 heteroatoms. The molecular weight excluding hydrogens is 464 g/mol. The molecule has 3 aliphatic heterocycles. The highest BCUT2D eigenvalue weighted by molar-refractivity contribution is 7.98. The third-order valence-electron chi connectivity index (χ3n) is 6.16. The second-order valence-electron chi connectivity index (χ2n) is 8.32. The third-order valence-corrected chi connectivity index (χ3v) is 7.28. The van der Waals surface area contributed by atoms with Gasteiger partial charge in [0.15, 0.2) is 10.9 Å². The molecule has 0 atom stereocenters. The molecule has 1 amide bonds. The number of aromatic nitrogens is 2. The molecular formula is C23H27ClN4O4S. The Morgan fingerprint density at radius 1 is 1.03 bits per heavy atom. The van der Waals surface area contributed by atoms with E-state index in [1.54, 1.807) is 6.07 Å².